The fraction of sp³-hybridized carbons (Fsp3) is 0.609. The lowest BCUT2D eigenvalue weighted by Gasteiger charge is -2.25. The normalized spacial score (nSPS) is 19.6. The van der Waals surface area contributed by atoms with Crippen molar-refractivity contribution in [2.45, 2.75) is 70.9 Å². The summed E-state index contributed by atoms with van der Waals surface area (Å²) in [6.07, 6.45) is 10.4. The number of nitrogens with zero attached hydrogens (tertiary/aromatic N) is 4. The monoisotopic (exact) mass is 395 g/mol. The fourth-order valence-corrected chi connectivity index (χ4v) is 4.67. The number of carbonyl (C=O) groups is 1. The standard InChI is InChI=1S/C23H33N5O/c1-2-28-21-11-10-19(25-14-12-18-9-5-6-13-24-18)17-20(21)22(26-28)23(29)27-15-7-3-4-8-16-27/h5-6,9,13,19,25H,2-4,7-8,10-12,14-17H2,1H3. The number of aryl methyl sites for hydroxylation is 1. The van der Waals surface area contributed by atoms with Crippen molar-refractivity contribution in [2.75, 3.05) is 19.6 Å². The van der Waals surface area contributed by atoms with E-state index in [1.807, 2.05) is 23.2 Å². The highest BCUT2D eigenvalue weighted by Gasteiger charge is 2.30. The third kappa shape index (κ3) is 4.69. The summed E-state index contributed by atoms with van der Waals surface area (Å²) in [6, 6.07) is 6.46. The Balaban J connectivity index is 1.44. The first-order chi connectivity index (χ1) is 14.3. The zero-order valence-electron chi connectivity index (χ0n) is 17.6. The first-order valence-corrected chi connectivity index (χ1v) is 11.3. The molecule has 1 N–H and O–H groups in total. The maximum absolute atomic E-state index is 13.3. The number of amides is 1. The molecule has 2 aromatic heterocycles. The largest absolute Gasteiger partial charge is 0.337 e. The minimum Gasteiger partial charge on any atom is -0.337 e. The van der Waals surface area contributed by atoms with Crippen LogP contribution < -0.4 is 5.32 Å². The molecule has 3 heterocycles. The SMILES string of the molecule is CCn1nc(C(=O)N2CCCCCC2)c2c1CCC(NCCc1ccccn1)C2. The van der Waals surface area contributed by atoms with Crippen LogP contribution in [-0.2, 0) is 25.8 Å². The number of pyridine rings is 1. The molecule has 1 unspecified atom stereocenters. The topological polar surface area (TPSA) is 63.1 Å². The van der Waals surface area contributed by atoms with E-state index in [9.17, 15) is 4.79 Å². The smallest absolute Gasteiger partial charge is 0.274 e. The Morgan fingerprint density at radius 1 is 1.21 bits per heavy atom. The molecule has 1 aliphatic carbocycles. The molecule has 0 aromatic carbocycles. The number of fused-ring (bicyclic) bond motifs is 1. The molecule has 2 aliphatic rings. The maximum atomic E-state index is 13.3. The van der Waals surface area contributed by atoms with Crippen LogP contribution in [0.5, 0.6) is 0 Å². The van der Waals surface area contributed by atoms with E-state index in [0.717, 1.165) is 70.4 Å². The minimum absolute atomic E-state index is 0.143. The molecular formula is C23H33N5O. The number of nitrogens with one attached hydrogen (secondary N) is 1. The van der Waals surface area contributed by atoms with Crippen molar-refractivity contribution in [3.8, 4) is 0 Å². The van der Waals surface area contributed by atoms with E-state index in [0.29, 0.717) is 11.7 Å². The van der Waals surface area contributed by atoms with Gasteiger partial charge in [-0.15, -0.1) is 0 Å². The van der Waals surface area contributed by atoms with E-state index in [-0.39, 0.29) is 5.91 Å². The van der Waals surface area contributed by atoms with Gasteiger partial charge >= 0.3 is 0 Å². The summed E-state index contributed by atoms with van der Waals surface area (Å²) < 4.78 is 2.06. The number of carbonyl (C=O) groups excluding carboxylic acids is 1. The highest BCUT2D eigenvalue weighted by atomic mass is 16.2. The Bertz CT molecular complexity index is 808. The van der Waals surface area contributed by atoms with E-state index in [4.69, 9.17) is 5.10 Å². The second-order valence-corrected chi connectivity index (χ2v) is 8.26. The number of aromatic nitrogens is 3. The van der Waals surface area contributed by atoms with Gasteiger partial charge in [-0.25, -0.2) is 0 Å². The van der Waals surface area contributed by atoms with Gasteiger partial charge in [0.2, 0.25) is 0 Å². The van der Waals surface area contributed by atoms with Gasteiger partial charge in [0.15, 0.2) is 5.69 Å². The molecule has 0 radical (unpaired) electrons. The zero-order chi connectivity index (χ0) is 20.1. The molecule has 1 aliphatic heterocycles. The summed E-state index contributed by atoms with van der Waals surface area (Å²) >= 11 is 0. The van der Waals surface area contributed by atoms with Crippen LogP contribution in [0.2, 0.25) is 0 Å². The van der Waals surface area contributed by atoms with Crippen LogP contribution in [0.25, 0.3) is 0 Å². The van der Waals surface area contributed by atoms with Crippen molar-refractivity contribution in [1.29, 1.82) is 0 Å². The molecule has 6 heteroatoms. The molecule has 1 saturated heterocycles. The fourth-order valence-electron chi connectivity index (χ4n) is 4.67. The number of rotatable bonds is 6. The van der Waals surface area contributed by atoms with Gasteiger partial charge in [-0.2, -0.15) is 5.10 Å². The zero-order valence-corrected chi connectivity index (χ0v) is 17.6. The summed E-state index contributed by atoms with van der Waals surface area (Å²) in [5.74, 6) is 0.143. The molecule has 6 nitrogen and oxygen atoms in total. The highest BCUT2D eigenvalue weighted by Crippen LogP contribution is 2.26. The molecule has 0 spiro atoms. The predicted octanol–water partition coefficient (Wildman–Crippen LogP) is 3.00. The van der Waals surface area contributed by atoms with E-state index < -0.39 is 0 Å². The van der Waals surface area contributed by atoms with Gasteiger partial charge in [-0.05, 0) is 51.2 Å². The van der Waals surface area contributed by atoms with Crippen LogP contribution in [0, 0.1) is 0 Å². The van der Waals surface area contributed by atoms with Gasteiger partial charge in [0.25, 0.3) is 5.91 Å². The van der Waals surface area contributed by atoms with E-state index in [1.54, 1.807) is 0 Å². The molecule has 0 bridgehead atoms. The Morgan fingerprint density at radius 3 is 2.76 bits per heavy atom. The first kappa shape index (κ1) is 20.1. The van der Waals surface area contributed by atoms with E-state index in [1.165, 1.54) is 24.1 Å². The Kier molecular flexibility index (Phi) is 6.60. The lowest BCUT2D eigenvalue weighted by molar-refractivity contribution is 0.0753. The van der Waals surface area contributed by atoms with Crippen LogP contribution in [0.15, 0.2) is 24.4 Å². The summed E-state index contributed by atoms with van der Waals surface area (Å²) in [5.41, 5.74) is 4.28. The van der Waals surface area contributed by atoms with Gasteiger partial charge in [0.1, 0.15) is 0 Å². The molecule has 156 valence electrons. The third-order valence-corrected chi connectivity index (χ3v) is 6.28. The molecule has 29 heavy (non-hydrogen) atoms. The third-order valence-electron chi connectivity index (χ3n) is 6.28. The molecule has 1 atom stereocenters. The summed E-state index contributed by atoms with van der Waals surface area (Å²) in [6.45, 7) is 5.60. The Labute approximate surface area is 173 Å². The van der Waals surface area contributed by atoms with Gasteiger partial charge in [-0.3, -0.25) is 14.5 Å². The van der Waals surface area contributed by atoms with Crippen molar-refractivity contribution in [2.24, 2.45) is 0 Å². The Hall–Kier alpha value is -2.21. The predicted molar refractivity (Wildman–Crippen MR) is 114 cm³/mol. The molecule has 1 fully saturated rings. The van der Waals surface area contributed by atoms with E-state index >= 15 is 0 Å². The number of likely N-dealkylation sites (tertiary alicyclic amines) is 1. The second-order valence-electron chi connectivity index (χ2n) is 8.26. The summed E-state index contributed by atoms with van der Waals surface area (Å²) in [5, 5.41) is 8.46. The molecular weight excluding hydrogens is 362 g/mol. The number of hydrogen-bond acceptors (Lipinski definition) is 4. The van der Waals surface area contributed by atoms with Crippen molar-refractivity contribution in [3.63, 3.8) is 0 Å². The van der Waals surface area contributed by atoms with Crippen LogP contribution in [0.3, 0.4) is 0 Å². The first-order valence-electron chi connectivity index (χ1n) is 11.3. The summed E-state index contributed by atoms with van der Waals surface area (Å²) in [4.78, 5) is 19.7. The van der Waals surface area contributed by atoms with Crippen LogP contribution in [0.4, 0.5) is 0 Å². The quantitative estimate of drug-likeness (QED) is 0.817. The molecule has 2 aromatic rings. The second kappa shape index (κ2) is 9.53. The summed E-state index contributed by atoms with van der Waals surface area (Å²) in [7, 11) is 0. The van der Waals surface area contributed by atoms with Crippen molar-refractivity contribution < 1.29 is 4.79 Å². The molecule has 4 rings (SSSR count). The van der Waals surface area contributed by atoms with Gasteiger partial charge in [-0.1, -0.05) is 18.9 Å². The molecule has 1 amide bonds. The minimum atomic E-state index is 0.143. The lowest BCUT2D eigenvalue weighted by Crippen LogP contribution is -2.37. The van der Waals surface area contributed by atoms with Crippen molar-refractivity contribution in [1.82, 2.24) is 25.0 Å². The van der Waals surface area contributed by atoms with Crippen molar-refractivity contribution in [3.05, 3.63) is 47.0 Å². The average Bonchev–Trinajstić information content (AvgIpc) is 2.92. The maximum Gasteiger partial charge on any atom is 0.274 e. The van der Waals surface area contributed by atoms with Crippen LogP contribution >= 0.6 is 0 Å². The van der Waals surface area contributed by atoms with Gasteiger partial charge in [0, 0.05) is 61.8 Å². The van der Waals surface area contributed by atoms with Crippen LogP contribution in [0.1, 0.15) is 66.5 Å². The average molecular weight is 396 g/mol. The van der Waals surface area contributed by atoms with Gasteiger partial charge in [0.05, 0.1) is 0 Å². The molecule has 0 saturated carbocycles. The van der Waals surface area contributed by atoms with Crippen molar-refractivity contribution >= 4 is 5.91 Å². The lowest BCUT2D eigenvalue weighted by atomic mass is 9.91. The highest BCUT2D eigenvalue weighted by molar-refractivity contribution is 5.94. The number of hydrogen-bond donors (Lipinski definition) is 1. The van der Waals surface area contributed by atoms with E-state index in [2.05, 4.69) is 28.0 Å². The van der Waals surface area contributed by atoms with Crippen LogP contribution in [-0.4, -0.2) is 51.2 Å². The Morgan fingerprint density at radius 2 is 2.03 bits per heavy atom. The van der Waals surface area contributed by atoms with Gasteiger partial charge < -0.3 is 10.2 Å².